The summed E-state index contributed by atoms with van der Waals surface area (Å²) in [6, 6.07) is 9.07. The van der Waals surface area contributed by atoms with E-state index in [1.54, 1.807) is 13.0 Å². The van der Waals surface area contributed by atoms with Gasteiger partial charge in [-0.25, -0.2) is 4.39 Å². The molecule has 0 fully saturated rings. The molecule has 2 nitrogen and oxygen atoms in total. The van der Waals surface area contributed by atoms with Crippen molar-refractivity contribution in [1.29, 1.82) is 0 Å². The van der Waals surface area contributed by atoms with Gasteiger partial charge in [0.1, 0.15) is 18.2 Å². The first kappa shape index (κ1) is 14.4. The van der Waals surface area contributed by atoms with Gasteiger partial charge in [0.25, 0.3) is 0 Å². The molecule has 20 heavy (non-hydrogen) atoms. The van der Waals surface area contributed by atoms with Gasteiger partial charge in [0.2, 0.25) is 0 Å². The molecule has 3 heteroatoms. The van der Waals surface area contributed by atoms with Crippen LogP contribution in [0.15, 0.2) is 30.3 Å². The van der Waals surface area contributed by atoms with Crippen molar-refractivity contribution in [1.82, 2.24) is 0 Å². The number of rotatable bonds is 4. The standard InChI is InChI=1S/C17H20FNO/c1-4-13-6-5-7-16(19)14(13)10-20-17-9-15(18)11(2)8-12(17)3/h5-9H,4,10,19H2,1-3H3. The van der Waals surface area contributed by atoms with Gasteiger partial charge >= 0.3 is 0 Å². The summed E-state index contributed by atoms with van der Waals surface area (Å²) in [6.07, 6.45) is 0.894. The van der Waals surface area contributed by atoms with Gasteiger partial charge in [-0.05, 0) is 49.1 Å². The predicted molar refractivity (Wildman–Crippen MR) is 80.4 cm³/mol. The first-order valence-electron chi connectivity index (χ1n) is 6.78. The Morgan fingerprint density at radius 2 is 1.90 bits per heavy atom. The van der Waals surface area contributed by atoms with Gasteiger partial charge in [0.05, 0.1) is 0 Å². The first-order valence-corrected chi connectivity index (χ1v) is 6.78. The molecule has 2 N–H and O–H groups in total. The van der Waals surface area contributed by atoms with Crippen LogP contribution in [0.3, 0.4) is 0 Å². The Labute approximate surface area is 119 Å². The van der Waals surface area contributed by atoms with Crippen LogP contribution in [-0.2, 0) is 13.0 Å². The number of nitrogen functional groups attached to an aromatic ring is 1. The van der Waals surface area contributed by atoms with E-state index >= 15 is 0 Å². The highest BCUT2D eigenvalue weighted by Gasteiger charge is 2.09. The molecular formula is C17H20FNO. The van der Waals surface area contributed by atoms with E-state index in [0.29, 0.717) is 17.9 Å². The van der Waals surface area contributed by atoms with Gasteiger partial charge in [-0.15, -0.1) is 0 Å². The van der Waals surface area contributed by atoms with Gasteiger partial charge in [-0.3, -0.25) is 0 Å². The number of hydrogen-bond acceptors (Lipinski definition) is 2. The number of hydrogen-bond donors (Lipinski definition) is 1. The van der Waals surface area contributed by atoms with Gasteiger partial charge in [-0.1, -0.05) is 19.1 Å². The van der Waals surface area contributed by atoms with Gasteiger partial charge < -0.3 is 10.5 Å². The van der Waals surface area contributed by atoms with Crippen molar-refractivity contribution in [3.8, 4) is 5.75 Å². The van der Waals surface area contributed by atoms with Crippen LogP contribution < -0.4 is 10.5 Å². The number of anilines is 1. The fraction of sp³-hybridized carbons (Fsp3) is 0.294. The number of ether oxygens (including phenoxy) is 1. The highest BCUT2D eigenvalue weighted by atomic mass is 19.1. The van der Waals surface area contributed by atoms with Gasteiger partial charge in [0, 0.05) is 17.3 Å². The minimum absolute atomic E-state index is 0.248. The topological polar surface area (TPSA) is 35.2 Å². The van der Waals surface area contributed by atoms with Crippen LogP contribution in [0.2, 0.25) is 0 Å². The van der Waals surface area contributed by atoms with Crippen LogP contribution >= 0.6 is 0 Å². The fourth-order valence-electron chi connectivity index (χ4n) is 2.27. The zero-order chi connectivity index (χ0) is 14.7. The molecule has 0 saturated carbocycles. The van der Waals surface area contributed by atoms with Crippen LogP contribution in [0.4, 0.5) is 10.1 Å². The van der Waals surface area contributed by atoms with E-state index in [1.807, 2.05) is 25.1 Å². The third-order valence-corrected chi connectivity index (χ3v) is 3.52. The predicted octanol–water partition coefficient (Wildman–Crippen LogP) is 4.17. The Morgan fingerprint density at radius 1 is 1.15 bits per heavy atom. The Kier molecular flexibility index (Phi) is 4.28. The zero-order valence-corrected chi connectivity index (χ0v) is 12.2. The molecule has 0 aromatic heterocycles. The molecule has 0 unspecified atom stereocenters. The second-order valence-corrected chi connectivity index (χ2v) is 4.99. The maximum Gasteiger partial charge on any atom is 0.129 e. The molecule has 0 spiro atoms. The summed E-state index contributed by atoms with van der Waals surface area (Å²) in [5.41, 5.74) is 10.4. The van der Waals surface area contributed by atoms with Crippen molar-refractivity contribution in [3.63, 3.8) is 0 Å². The highest BCUT2D eigenvalue weighted by Crippen LogP contribution is 2.25. The van der Waals surface area contributed by atoms with E-state index in [0.717, 1.165) is 28.8 Å². The maximum absolute atomic E-state index is 13.6. The van der Waals surface area contributed by atoms with E-state index in [2.05, 4.69) is 6.92 Å². The van der Waals surface area contributed by atoms with E-state index < -0.39 is 0 Å². The fourth-order valence-corrected chi connectivity index (χ4v) is 2.27. The van der Waals surface area contributed by atoms with Gasteiger partial charge in [0.15, 0.2) is 0 Å². The summed E-state index contributed by atoms with van der Waals surface area (Å²) in [5.74, 6) is 0.320. The monoisotopic (exact) mass is 273 g/mol. The van der Waals surface area contributed by atoms with Crippen LogP contribution in [0, 0.1) is 19.7 Å². The normalized spacial score (nSPS) is 10.6. The Balaban J connectivity index is 2.23. The smallest absolute Gasteiger partial charge is 0.129 e. The van der Waals surface area contributed by atoms with Crippen LogP contribution in [0.25, 0.3) is 0 Å². The highest BCUT2D eigenvalue weighted by molar-refractivity contribution is 5.51. The Bertz CT molecular complexity index is 623. The molecule has 0 atom stereocenters. The lowest BCUT2D eigenvalue weighted by Gasteiger charge is -2.14. The Hall–Kier alpha value is -2.03. The summed E-state index contributed by atoms with van der Waals surface area (Å²) < 4.78 is 19.4. The maximum atomic E-state index is 13.6. The third-order valence-electron chi connectivity index (χ3n) is 3.52. The Morgan fingerprint density at radius 3 is 2.60 bits per heavy atom. The third kappa shape index (κ3) is 2.93. The molecule has 2 aromatic carbocycles. The summed E-state index contributed by atoms with van der Waals surface area (Å²) in [7, 11) is 0. The summed E-state index contributed by atoms with van der Waals surface area (Å²) in [6.45, 7) is 6.10. The van der Waals surface area contributed by atoms with Crippen LogP contribution in [-0.4, -0.2) is 0 Å². The van der Waals surface area contributed by atoms with Crippen LogP contribution in [0.1, 0.15) is 29.2 Å². The lowest BCUT2D eigenvalue weighted by atomic mass is 10.0. The minimum Gasteiger partial charge on any atom is -0.488 e. The average Bonchev–Trinajstić information content (AvgIpc) is 2.42. The second-order valence-electron chi connectivity index (χ2n) is 4.99. The lowest BCUT2D eigenvalue weighted by molar-refractivity contribution is 0.302. The zero-order valence-electron chi connectivity index (χ0n) is 12.2. The molecule has 0 heterocycles. The number of benzene rings is 2. The van der Waals surface area contributed by atoms with E-state index in [1.165, 1.54) is 6.07 Å². The largest absolute Gasteiger partial charge is 0.488 e. The van der Waals surface area contributed by atoms with E-state index in [-0.39, 0.29) is 5.82 Å². The summed E-state index contributed by atoms with van der Waals surface area (Å²) in [5, 5.41) is 0. The molecule has 0 aliphatic heterocycles. The van der Waals surface area contributed by atoms with Crippen molar-refractivity contribution >= 4 is 5.69 Å². The molecule has 0 saturated heterocycles. The lowest BCUT2D eigenvalue weighted by Crippen LogP contribution is -2.05. The molecule has 0 radical (unpaired) electrons. The number of aryl methyl sites for hydroxylation is 3. The van der Waals surface area contributed by atoms with E-state index in [4.69, 9.17) is 10.5 Å². The SMILES string of the molecule is CCc1cccc(N)c1COc1cc(F)c(C)cc1C. The summed E-state index contributed by atoms with van der Waals surface area (Å²) >= 11 is 0. The second kappa shape index (κ2) is 5.95. The quantitative estimate of drug-likeness (QED) is 0.849. The average molecular weight is 273 g/mol. The molecule has 2 aromatic rings. The molecule has 0 amide bonds. The van der Waals surface area contributed by atoms with Gasteiger partial charge in [-0.2, -0.15) is 0 Å². The summed E-state index contributed by atoms with van der Waals surface area (Å²) in [4.78, 5) is 0. The molecule has 0 aliphatic rings. The van der Waals surface area contributed by atoms with Crippen molar-refractivity contribution in [3.05, 3.63) is 58.4 Å². The van der Waals surface area contributed by atoms with Crippen LogP contribution in [0.5, 0.6) is 5.75 Å². The van der Waals surface area contributed by atoms with Crippen molar-refractivity contribution in [2.24, 2.45) is 0 Å². The molecular weight excluding hydrogens is 253 g/mol. The minimum atomic E-state index is -0.248. The molecule has 2 rings (SSSR count). The van der Waals surface area contributed by atoms with Crippen molar-refractivity contribution in [2.45, 2.75) is 33.8 Å². The van der Waals surface area contributed by atoms with Crippen molar-refractivity contribution < 1.29 is 9.13 Å². The molecule has 0 bridgehead atoms. The number of halogens is 1. The number of nitrogens with two attached hydrogens (primary N) is 1. The molecule has 0 aliphatic carbocycles. The van der Waals surface area contributed by atoms with E-state index in [9.17, 15) is 4.39 Å². The molecule has 106 valence electrons. The first-order chi connectivity index (χ1) is 9.52. The van der Waals surface area contributed by atoms with Crippen molar-refractivity contribution in [2.75, 3.05) is 5.73 Å².